The van der Waals surface area contributed by atoms with Crippen molar-refractivity contribution in [2.45, 2.75) is 32.0 Å². The lowest BCUT2D eigenvalue weighted by atomic mass is 10.2. The van der Waals surface area contributed by atoms with Gasteiger partial charge in [0.15, 0.2) is 0 Å². The minimum atomic E-state index is -0.517. The first kappa shape index (κ1) is 6.55. The zero-order valence-electron chi connectivity index (χ0n) is 5.33. The molecular formula is C6H10O3. The number of hydrogen-bond acceptors (Lipinski definition) is 3. The van der Waals surface area contributed by atoms with Crippen LogP contribution < -0.4 is 0 Å². The largest absolute Gasteiger partial charge is 0.460 e. The summed E-state index contributed by atoms with van der Waals surface area (Å²) >= 11 is 0. The molecule has 0 aromatic heterocycles. The summed E-state index contributed by atoms with van der Waals surface area (Å²) in [6.07, 6.45) is 0.348. The molecule has 1 aliphatic heterocycles. The third-order valence-corrected chi connectivity index (χ3v) is 1.45. The molecule has 0 spiro atoms. The first-order chi connectivity index (χ1) is 4.20. The Kier molecular flexibility index (Phi) is 1.71. The Labute approximate surface area is 53.6 Å². The van der Waals surface area contributed by atoms with E-state index in [4.69, 9.17) is 9.84 Å². The van der Waals surface area contributed by atoms with E-state index in [1.807, 2.05) is 0 Å². The Morgan fingerprint density at radius 3 is 2.78 bits per heavy atom. The lowest BCUT2D eigenvalue weighted by Crippen LogP contribution is -2.21. The van der Waals surface area contributed by atoms with Gasteiger partial charge in [-0.1, -0.05) is 0 Å². The number of carbonyl (C=O) groups excluding carboxylic acids is 1. The van der Waals surface area contributed by atoms with Crippen LogP contribution in [-0.4, -0.2) is 23.3 Å². The summed E-state index contributed by atoms with van der Waals surface area (Å²) in [5.41, 5.74) is 0. The van der Waals surface area contributed by atoms with Crippen molar-refractivity contribution in [2.75, 3.05) is 0 Å². The van der Waals surface area contributed by atoms with Crippen LogP contribution in [-0.2, 0) is 9.53 Å². The lowest BCUT2D eigenvalue weighted by molar-refractivity contribution is -0.144. The Hall–Kier alpha value is -0.570. The van der Waals surface area contributed by atoms with Crippen molar-refractivity contribution in [2.24, 2.45) is 0 Å². The minimum absolute atomic E-state index is 0.194. The molecule has 0 aliphatic carbocycles. The van der Waals surface area contributed by atoms with E-state index in [0.717, 1.165) is 0 Å². The van der Waals surface area contributed by atoms with Gasteiger partial charge in [0, 0.05) is 6.42 Å². The van der Waals surface area contributed by atoms with E-state index in [1.165, 1.54) is 0 Å². The van der Waals surface area contributed by atoms with E-state index < -0.39 is 6.10 Å². The molecule has 1 rings (SSSR count). The molecular weight excluding hydrogens is 120 g/mol. The molecule has 2 atom stereocenters. The Balaban J connectivity index is 2.39. The summed E-state index contributed by atoms with van der Waals surface area (Å²) in [5.74, 6) is -0.194. The van der Waals surface area contributed by atoms with Gasteiger partial charge in [-0.25, -0.2) is 0 Å². The highest BCUT2D eigenvalue weighted by molar-refractivity contribution is 5.71. The first-order valence-electron chi connectivity index (χ1n) is 3.07. The van der Waals surface area contributed by atoms with Crippen LogP contribution in [0.25, 0.3) is 0 Å². The number of aliphatic hydroxyl groups excluding tert-OH is 1. The summed E-state index contributed by atoms with van der Waals surface area (Å²) in [4.78, 5) is 10.4. The van der Waals surface area contributed by atoms with Gasteiger partial charge >= 0.3 is 5.97 Å². The summed E-state index contributed by atoms with van der Waals surface area (Å²) in [6.45, 7) is 1.63. The molecule has 52 valence electrons. The number of hydrogen-bond donors (Lipinski definition) is 1. The van der Waals surface area contributed by atoms with Gasteiger partial charge in [-0.15, -0.1) is 0 Å². The normalized spacial score (nSPS) is 30.0. The van der Waals surface area contributed by atoms with Gasteiger partial charge < -0.3 is 9.84 Å². The summed E-state index contributed by atoms with van der Waals surface area (Å²) in [5, 5.41) is 8.89. The molecule has 1 saturated heterocycles. The second-order valence-electron chi connectivity index (χ2n) is 2.31. The van der Waals surface area contributed by atoms with Gasteiger partial charge in [0.2, 0.25) is 0 Å². The quantitative estimate of drug-likeness (QED) is 0.511. The number of ether oxygens (including phenoxy) is 1. The maximum Gasteiger partial charge on any atom is 0.306 e. The van der Waals surface area contributed by atoms with Crippen molar-refractivity contribution in [1.29, 1.82) is 0 Å². The monoisotopic (exact) mass is 130 g/mol. The fourth-order valence-electron chi connectivity index (χ4n) is 0.886. The number of esters is 1. The molecule has 0 aromatic carbocycles. The van der Waals surface area contributed by atoms with E-state index >= 15 is 0 Å². The first-order valence-corrected chi connectivity index (χ1v) is 3.07. The third kappa shape index (κ3) is 1.42. The number of cyclic esters (lactones) is 1. The molecule has 3 nitrogen and oxygen atoms in total. The van der Waals surface area contributed by atoms with Crippen molar-refractivity contribution in [3.8, 4) is 0 Å². The fraction of sp³-hybridized carbons (Fsp3) is 0.833. The highest BCUT2D eigenvalue weighted by Crippen LogP contribution is 2.16. The second kappa shape index (κ2) is 2.35. The van der Waals surface area contributed by atoms with Gasteiger partial charge in [0.05, 0.1) is 6.10 Å². The summed E-state index contributed by atoms with van der Waals surface area (Å²) in [6, 6.07) is 0. The fourth-order valence-corrected chi connectivity index (χ4v) is 0.886. The molecule has 1 aliphatic rings. The van der Waals surface area contributed by atoms with E-state index in [0.29, 0.717) is 12.8 Å². The van der Waals surface area contributed by atoms with Gasteiger partial charge in [-0.05, 0) is 13.3 Å². The van der Waals surface area contributed by atoms with Crippen LogP contribution >= 0.6 is 0 Å². The van der Waals surface area contributed by atoms with Gasteiger partial charge in [0.1, 0.15) is 6.10 Å². The van der Waals surface area contributed by atoms with E-state index in [9.17, 15) is 4.79 Å². The van der Waals surface area contributed by atoms with Gasteiger partial charge in [-0.2, -0.15) is 0 Å². The van der Waals surface area contributed by atoms with E-state index in [2.05, 4.69) is 0 Å². The average molecular weight is 130 g/mol. The van der Waals surface area contributed by atoms with Crippen LogP contribution in [0.1, 0.15) is 19.8 Å². The Morgan fingerprint density at radius 2 is 2.56 bits per heavy atom. The van der Waals surface area contributed by atoms with Crippen LogP contribution in [0.4, 0.5) is 0 Å². The molecule has 0 amide bonds. The molecule has 0 radical (unpaired) electrons. The molecule has 0 bridgehead atoms. The van der Waals surface area contributed by atoms with Crippen molar-refractivity contribution >= 4 is 5.97 Å². The third-order valence-electron chi connectivity index (χ3n) is 1.45. The van der Waals surface area contributed by atoms with E-state index in [-0.39, 0.29) is 12.1 Å². The average Bonchev–Trinajstić information content (AvgIpc) is 2.14. The highest BCUT2D eigenvalue weighted by Gasteiger charge is 2.26. The maximum absolute atomic E-state index is 10.4. The predicted octanol–water partition coefficient (Wildman–Crippen LogP) is 0.0728. The SMILES string of the molecule is C[C@@H](O)[C@@H]1CCC(=O)O1. The number of aliphatic hydroxyl groups is 1. The molecule has 9 heavy (non-hydrogen) atoms. The molecule has 0 unspecified atom stereocenters. The standard InChI is InChI=1S/C6H10O3/c1-4(7)5-2-3-6(8)9-5/h4-5,7H,2-3H2,1H3/t4-,5+/m1/s1. The predicted molar refractivity (Wildman–Crippen MR) is 30.8 cm³/mol. The zero-order valence-corrected chi connectivity index (χ0v) is 5.33. The van der Waals surface area contributed by atoms with Crippen LogP contribution in [0, 0.1) is 0 Å². The van der Waals surface area contributed by atoms with Crippen LogP contribution in [0.5, 0.6) is 0 Å². The Morgan fingerprint density at radius 1 is 1.89 bits per heavy atom. The minimum Gasteiger partial charge on any atom is -0.460 e. The van der Waals surface area contributed by atoms with Gasteiger partial charge in [-0.3, -0.25) is 4.79 Å². The number of rotatable bonds is 1. The lowest BCUT2D eigenvalue weighted by Gasteiger charge is -2.10. The number of carbonyl (C=O) groups is 1. The molecule has 1 N–H and O–H groups in total. The van der Waals surface area contributed by atoms with Crippen LogP contribution in [0.2, 0.25) is 0 Å². The van der Waals surface area contributed by atoms with Gasteiger partial charge in [0.25, 0.3) is 0 Å². The second-order valence-corrected chi connectivity index (χ2v) is 2.31. The summed E-state index contributed by atoms with van der Waals surface area (Å²) in [7, 11) is 0. The maximum atomic E-state index is 10.4. The summed E-state index contributed by atoms with van der Waals surface area (Å²) < 4.78 is 4.73. The van der Waals surface area contributed by atoms with Crippen molar-refractivity contribution in [3.63, 3.8) is 0 Å². The zero-order chi connectivity index (χ0) is 6.85. The topological polar surface area (TPSA) is 46.5 Å². The molecule has 3 heteroatoms. The molecule has 0 saturated carbocycles. The molecule has 0 aromatic rings. The Bertz CT molecular complexity index is 119. The molecule has 1 fully saturated rings. The smallest absolute Gasteiger partial charge is 0.306 e. The van der Waals surface area contributed by atoms with Crippen molar-refractivity contribution < 1.29 is 14.6 Å². The van der Waals surface area contributed by atoms with Crippen molar-refractivity contribution in [3.05, 3.63) is 0 Å². The van der Waals surface area contributed by atoms with Crippen LogP contribution in [0.15, 0.2) is 0 Å². The highest BCUT2D eigenvalue weighted by atomic mass is 16.6. The molecule has 1 heterocycles. The van der Waals surface area contributed by atoms with Crippen molar-refractivity contribution in [1.82, 2.24) is 0 Å². The van der Waals surface area contributed by atoms with Crippen LogP contribution in [0.3, 0.4) is 0 Å². The van der Waals surface area contributed by atoms with E-state index in [1.54, 1.807) is 6.92 Å².